The number of nitrogens with one attached hydrogen (secondary N) is 1. The van der Waals surface area contributed by atoms with Gasteiger partial charge in [0.1, 0.15) is 5.69 Å². The van der Waals surface area contributed by atoms with E-state index in [9.17, 15) is 4.79 Å². The smallest absolute Gasteiger partial charge is 0.267 e. The van der Waals surface area contributed by atoms with E-state index in [0.29, 0.717) is 17.3 Å². The van der Waals surface area contributed by atoms with Gasteiger partial charge in [-0.1, -0.05) is 24.1 Å². The molecule has 0 aliphatic carbocycles. The van der Waals surface area contributed by atoms with E-state index in [4.69, 9.17) is 11.6 Å². The summed E-state index contributed by atoms with van der Waals surface area (Å²) in [6.07, 6.45) is 3.88. The standard InChI is InChI=1S/C17H22ClN3O/c1-20-15-7-5-6-14(18)13(15)12-16(20)17(22)19-8-11-21-9-3-2-4-10-21/h5-7,12H,2-4,8-11H2,1H3,(H,19,22). The molecule has 118 valence electrons. The average Bonchev–Trinajstić information content (AvgIpc) is 2.87. The Morgan fingerprint density at radius 1 is 1.27 bits per heavy atom. The number of hydrogen-bond acceptors (Lipinski definition) is 2. The second-order valence-electron chi connectivity index (χ2n) is 5.92. The Morgan fingerprint density at radius 2 is 2.05 bits per heavy atom. The van der Waals surface area contributed by atoms with Crippen LogP contribution in [0.3, 0.4) is 0 Å². The summed E-state index contributed by atoms with van der Waals surface area (Å²) >= 11 is 6.20. The molecule has 1 aliphatic rings. The third-order valence-corrected chi connectivity index (χ3v) is 4.76. The van der Waals surface area contributed by atoms with Crippen LogP contribution in [-0.2, 0) is 7.05 Å². The molecule has 1 amide bonds. The molecule has 4 nitrogen and oxygen atoms in total. The maximum Gasteiger partial charge on any atom is 0.267 e. The second kappa shape index (κ2) is 6.71. The normalized spacial score (nSPS) is 16.1. The molecular weight excluding hydrogens is 298 g/mol. The van der Waals surface area contributed by atoms with Gasteiger partial charge in [0.15, 0.2) is 0 Å². The fourth-order valence-electron chi connectivity index (χ4n) is 3.14. The molecule has 1 saturated heterocycles. The van der Waals surface area contributed by atoms with Gasteiger partial charge in [-0.2, -0.15) is 0 Å². The number of aromatic nitrogens is 1. The number of aryl methyl sites for hydroxylation is 1. The van der Waals surface area contributed by atoms with E-state index in [1.54, 1.807) is 0 Å². The molecule has 0 unspecified atom stereocenters. The van der Waals surface area contributed by atoms with Crippen LogP contribution in [0.5, 0.6) is 0 Å². The highest BCUT2D eigenvalue weighted by Crippen LogP contribution is 2.26. The van der Waals surface area contributed by atoms with Gasteiger partial charge in [-0.05, 0) is 44.1 Å². The maximum absolute atomic E-state index is 12.4. The van der Waals surface area contributed by atoms with Crippen molar-refractivity contribution in [1.82, 2.24) is 14.8 Å². The Morgan fingerprint density at radius 3 is 2.77 bits per heavy atom. The lowest BCUT2D eigenvalue weighted by atomic mass is 10.1. The third kappa shape index (κ3) is 3.13. The van der Waals surface area contributed by atoms with Crippen LogP contribution in [-0.4, -0.2) is 41.6 Å². The van der Waals surface area contributed by atoms with Crippen LogP contribution in [0.2, 0.25) is 5.02 Å². The predicted octanol–water partition coefficient (Wildman–Crippen LogP) is 3.05. The van der Waals surface area contributed by atoms with Crippen LogP contribution in [0.4, 0.5) is 0 Å². The number of nitrogens with zero attached hydrogens (tertiary/aromatic N) is 2. The van der Waals surface area contributed by atoms with Crippen molar-refractivity contribution in [3.63, 3.8) is 0 Å². The van der Waals surface area contributed by atoms with Gasteiger partial charge in [0, 0.05) is 36.1 Å². The lowest BCUT2D eigenvalue weighted by Gasteiger charge is -2.26. The summed E-state index contributed by atoms with van der Waals surface area (Å²) in [5.74, 6) is -0.0354. The van der Waals surface area contributed by atoms with Crippen LogP contribution < -0.4 is 5.32 Å². The van der Waals surface area contributed by atoms with Crippen molar-refractivity contribution in [3.05, 3.63) is 35.0 Å². The molecule has 0 atom stereocenters. The maximum atomic E-state index is 12.4. The van der Waals surface area contributed by atoms with Gasteiger partial charge in [0.05, 0.1) is 0 Å². The second-order valence-corrected chi connectivity index (χ2v) is 6.33. The van der Waals surface area contributed by atoms with Crippen LogP contribution >= 0.6 is 11.6 Å². The molecule has 3 rings (SSSR count). The molecular formula is C17H22ClN3O. The number of amides is 1. The topological polar surface area (TPSA) is 37.3 Å². The van der Waals surface area contributed by atoms with Crippen molar-refractivity contribution in [1.29, 1.82) is 0 Å². The number of fused-ring (bicyclic) bond motifs is 1. The Balaban J connectivity index is 1.64. The average molecular weight is 320 g/mol. The number of piperidine rings is 1. The molecule has 0 radical (unpaired) electrons. The van der Waals surface area contributed by atoms with E-state index in [1.165, 1.54) is 19.3 Å². The van der Waals surface area contributed by atoms with Crippen LogP contribution in [0, 0.1) is 0 Å². The highest BCUT2D eigenvalue weighted by atomic mass is 35.5. The SMILES string of the molecule is Cn1c(C(=O)NCCN2CCCCC2)cc2c(Cl)cccc21. The first-order valence-electron chi connectivity index (χ1n) is 7.91. The monoisotopic (exact) mass is 319 g/mol. The molecule has 22 heavy (non-hydrogen) atoms. The fraction of sp³-hybridized carbons (Fsp3) is 0.471. The van der Waals surface area contributed by atoms with Gasteiger partial charge in [-0.25, -0.2) is 0 Å². The zero-order chi connectivity index (χ0) is 15.5. The van der Waals surface area contributed by atoms with E-state index in [2.05, 4.69) is 10.2 Å². The summed E-state index contributed by atoms with van der Waals surface area (Å²) in [5.41, 5.74) is 1.63. The van der Waals surface area contributed by atoms with Crippen molar-refractivity contribution >= 4 is 28.4 Å². The first-order chi connectivity index (χ1) is 10.7. The first-order valence-corrected chi connectivity index (χ1v) is 8.29. The lowest BCUT2D eigenvalue weighted by Crippen LogP contribution is -2.38. The number of benzene rings is 1. The number of likely N-dealkylation sites (tertiary alicyclic amines) is 1. The minimum Gasteiger partial charge on any atom is -0.349 e. The third-order valence-electron chi connectivity index (χ3n) is 4.43. The molecule has 1 N–H and O–H groups in total. The molecule has 1 fully saturated rings. The quantitative estimate of drug-likeness (QED) is 0.940. The number of rotatable bonds is 4. The van der Waals surface area contributed by atoms with Gasteiger partial charge >= 0.3 is 0 Å². The molecule has 1 aliphatic heterocycles. The van der Waals surface area contributed by atoms with Crippen molar-refractivity contribution in [2.75, 3.05) is 26.2 Å². The highest BCUT2D eigenvalue weighted by molar-refractivity contribution is 6.35. The molecule has 0 bridgehead atoms. The largest absolute Gasteiger partial charge is 0.349 e. The molecule has 5 heteroatoms. The summed E-state index contributed by atoms with van der Waals surface area (Å²) in [4.78, 5) is 14.8. The zero-order valence-electron chi connectivity index (χ0n) is 12.9. The van der Waals surface area contributed by atoms with Crippen molar-refractivity contribution in [2.45, 2.75) is 19.3 Å². The Kier molecular flexibility index (Phi) is 4.69. The lowest BCUT2D eigenvalue weighted by molar-refractivity contribution is 0.0939. The molecule has 0 saturated carbocycles. The van der Waals surface area contributed by atoms with E-state index >= 15 is 0 Å². The van der Waals surface area contributed by atoms with Crippen molar-refractivity contribution in [3.8, 4) is 0 Å². The van der Waals surface area contributed by atoms with Crippen LogP contribution in [0.15, 0.2) is 24.3 Å². The number of carbonyl (C=O) groups excluding carboxylic acids is 1. The van der Waals surface area contributed by atoms with Crippen molar-refractivity contribution in [2.24, 2.45) is 7.05 Å². The van der Waals surface area contributed by atoms with Crippen LogP contribution in [0.1, 0.15) is 29.8 Å². The summed E-state index contributed by atoms with van der Waals surface area (Å²) in [7, 11) is 1.90. The number of hydrogen-bond donors (Lipinski definition) is 1. The molecule has 2 aromatic rings. The minimum absolute atomic E-state index is 0.0354. The predicted molar refractivity (Wildman–Crippen MR) is 90.6 cm³/mol. The van der Waals surface area contributed by atoms with E-state index in [1.807, 2.05) is 35.9 Å². The van der Waals surface area contributed by atoms with Gasteiger partial charge in [-0.3, -0.25) is 4.79 Å². The summed E-state index contributed by atoms with van der Waals surface area (Å²) < 4.78 is 1.90. The molecule has 1 aromatic heterocycles. The molecule has 2 heterocycles. The van der Waals surface area contributed by atoms with E-state index in [0.717, 1.165) is 30.5 Å². The Hall–Kier alpha value is -1.52. The minimum atomic E-state index is -0.0354. The zero-order valence-corrected chi connectivity index (χ0v) is 13.7. The fourth-order valence-corrected chi connectivity index (χ4v) is 3.37. The summed E-state index contributed by atoms with van der Waals surface area (Å²) in [6, 6.07) is 7.60. The van der Waals surface area contributed by atoms with E-state index < -0.39 is 0 Å². The highest BCUT2D eigenvalue weighted by Gasteiger charge is 2.15. The molecule has 1 aromatic carbocycles. The number of carbonyl (C=O) groups is 1. The van der Waals surface area contributed by atoms with Crippen LogP contribution in [0.25, 0.3) is 10.9 Å². The number of halogens is 1. The first kappa shape index (κ1) is 15.4. The summed E-state index contributed by atoms with van der Waals surface area (Å²) in [5, 5.41) is 4.63. The van der Waals surface area contributed by atoms with Gasteiger partial charge < -0.3 is 14.8 Å². The van der Waals surface area contributed by atoms with Gasteiger partial charge in [-0.15, -0.1) is 0 Å². The van der Waals surface area contributed by atoms with E-state index in [-0.39, 0.29) is 5.91 Å². The van der Waals surface area contributed by atoms with Gasteiger partial charge in [0.25, 0.3) is 5.91 Å². The Bertz CT molecular complexity index is 674. The Labute approximate surface area is 136 Å². The van der Waals surface area contributed by atoms with Gasteiger partial charge in [0.2, 0.25) is 0 Å². The summed E-state index contributed by atoms with van der Waals surface area (Å²) in [6.45, 7) is 3.92. The van der Waals surface area contributed by atoms with Crippen molar-refractivity contribution < 1.29 is 4.79 Å². The molecule has 0 spiro atoms.